The van der Waals surface area contributed by atoms with Crippen LogP contribution in [0.15, 0.2) is 54.6 Å². The zero-order valence-electron chi connectivity index (χ0n) is 24.6. The van der Waals surface area contributed by atoms with Crippen LogP contribution in [0.5, 0.6) is 0 Å². The van der Waals surface area contributed by atoms with Gasteiger partial charge in [0.05, 0.1) is 12.2 Å². The molecule has 2 fully saturated rings. The van der Waals surface area contributed by atoms with Crippen molar-refractivity contribution in [2.75, 3.05) is 25.6 Å². The lowest BCUT2D eigenvalue weighted by Gasteiger charge is -2.37. The first-order valence-electron chi connectivity index (χ1n) is 14.5. The van der Waals surface area contributed by atoms with Crippen LogP contribution in [0.3, 0.4) is 0 Å². The van der Waals surface area contributed by atoms with Crippen LogP contribution in [0.1, 0.15) is 51.2 Å². The summed E-state index contributed by atoms with van der Waals surface area (Å²) in [5, 5.41) is 6.34. The number of benzene rings is 2. The molecule has 0 aromatic heterocycles. The van der Waals surface area contributed by atoms with Crippen LogP contribution >= 0.6 is 0 Å². The van der Waals surface area contributed by atoms with E-state index in [4.69, 9.17) is 14.2 Å². The van der Waals surface area contributed by atoms with Crippen LogP contribution in [-0.2, 0) is 45.4 Å². The number of nitrogens with one attached hydrogen (secondary N) is 2. The van der Waals surface area contributed by atoms with Crippen LogP contribution in [-0.4, -0.2) is 72.6 Å². The van der Waals surface area contributed by atoms with Crippen molar-refractivity contribution >= 4 is 29.4 Å². The number of carbonyl (C=O) groups excluding carboxylic acids is 4. The maximum Gasteiger partial charge on any atom is 0.329 e. The summed E-state index contributed by atoms with van der Waals surface area (Å²) in [4.78, 5) is 56.9. The summed E-state index contributed by atoms with van der Waals surface area (Å²) in [7, 11) is 1.59. The zero-order chi connectivity index (χ0) is 30.1. The smallest absolute Gasteiger partial charge is 0.329 e. The predicted molar refractivity (Wildman–Crippen MR) is 154 cm³/mol. The van der Waals surface area contributed by atoms with Gasteiger partial charge in [-0.3, -0.25) is 14.4 Å². The van der Waals surface area contributed by atoms with E-state index in [9.17, 15) is 19.2 Å². The molecule has 224 valence electrons. The third kappa shape index (κ3) is 5.18. The number of hydrogen-bond acceptors (Lipinski definition) is 8. The first kappa shape index (κ1) is 29.7. The second-order valence-corrected chi connectivity index (χ2v) is 11.7. The molecule has 0 aliphatic carbocycles. The lowest BCUT2D eigenvalue weighted by Crippen LogP contribution is -2.55. The summed E-state index contributed by atoms with van der Waals surface area (Å²) in [6.45, 7) is 6.00. The number of anilines is 1. The van der Waals surface area contributed by atoms with E-state index in [0.717, 1.165) is 5.56 Å². The van der Waals surface area contributed by atoms with Gasteiger partial charge in [0.15, 0.2) is 0 Å². The molecule has 2 amide bonds. The van der Waals surface area contributed by atoms with Gasteiger partial charge in [0.1, 0.15) is 30.0 Å². The van der Waals surface area contributed by atoms with Crippen molar-refractivity contribution in [3.05, 3.63) is 65.7 Å². The Bertz CT molecular complexity index is 1350. The van der Waals surface area contributed by atoms with Crippen molar-refractivity contribution in [1.29, 1.82) is 0 Å². The number of fused-ring (bicyclic) bond motifs is 2. The van der Waals surface area contributed by atoms with E-state index < -0.39 is 52.9 Å². The lowest BCUT2D eigenvalue weighted by molar-refractivity contribution is -0.158. The van der Waals surface area contributed by atoms with Gasteiger partial charge < -0.3 is 29.7 Å². The van der Waals surface area contributed by atoms with Gasteiger partial charge in [0.25, 0.3) is 0 Å². The Hall–Kier alpha value is -3.76. The normalized spacial score (nSPS) is 26.7. The van der Waals surface area contributed by atoms with Gasteiger partial charge in [-0.2, -0.15) is 0 Å². The van der Waals surface area contributed by atoms with E-state index in [0.29, 0.717) is 37.1 Å². The van der Waals surface area contributed by atoms with Crippen LogP contribution < -0.4 is 10.6 Å². The summed E-state index contributed by atoms with van der Waals surface area (Å²) < 4.78 is 16.9. The third-order valence-electron chi connectivity index (χ3n) is 8.84. The largest absolute Gasteiger partial charge is 0.466 e. The molecular formula is C32H39N3O7. The number of rotatable bonds is 9. The Labute approximate surface area is 246 Å². The number of ether oxygens (including phenoxy) is 3. The molecule has 5 atom stereocenters. The van der Waals surface area contributed by atoms with Crippen LogP contribution in [0.4, 0.5) is 5.69 Å². The molecule has 42 heavy (non-hydrogen) atoms. The molecule has 3 aliphatic heterocycles. The summed E-state index contributed by atoms with van der Waals surface area (Å²) in [6.07, 6.45) is 1.39. The summed E-state index contributed by atoms with van der Waals surface area (Å²) in [5.41, 5.74) is -0.0412. The number of para-hydroxylation sites is 1. The van der Waals surface area contributed by atoms with Crippen LogP contribution in [0.2, 0.25) is 0 Å². The SMILES string of the molecule is CCOC(=O)[C@H]1[C@H](C(=O)N2CCC[C@@H]2C(=O)OCc2ccccc2)N[C@@H](CC(C)(C)OC)[C@]12C(=O)Nc1ccccc12. The molecule has 2 saturated heterocycles. The molecule has 2 aromatic rings. The maximum atomic E-state index is 14.4. The van der Waals surface area contributed by atoms with Crippen molar-refractivity contribution in [3.8, 4) is 0 Å². The number of methoxy groups -OCH3 is 1. The number of carbonyl (C=O) groups is 4. The van der Waals surface area contributed by atoms with Crippen molar-refractivity contribution in [1.82, 2.24) is 10.2 Å². The maximum absolute atomic E-state index is 14.4. The number of nitrogens with zero attached hydrogens (tertiary/aromatic N) is 1. The lowest BCUT2D eigenvalue weighted by atomic mass is 9.65. The van der Waals surface area contributed by atoms with Crippen LogP contribution in [0, 0.1) is 5.92 Å². The quantitative estimate of drug-likeness (QED) is 0.436. The highest BCUT2D eigenvalue weighted by Gasteiger charge is 2.69. The Morgan fingerprint density at radius 1 is 1.02 bits per heavy atom. The Balaban J connectivity index is 1.51. The third-order valence-corrected chi connectivity index (χ3v) is 8.84. The summed E-state index contributed by atoms with van der Waals surface area (Å²) in [6, 6.07) is 14.0. The number of esters is 2. The second kappa shape index (κ2) is 11.9. The Morgan fingerprint density at radius 3 is 2.45 bits per heavy atom. The Kier molecular flexibility index (Phi) is 8.39. The van der Waals surface area contributed by atoms with Gasteiger partial charge in [-0.05, 0) is 57.2 Å². The predicted octanol–water partition coefficient (Wildman–Crippen LogP) is 2.95. The van der Waals surface area contributed by atoms with Crippen molar-refractivity contribution in [2.45, 2.75) is 75.8 Å². The fourth-order valence-electron chi connectivity index (χ4n) is 6.72. The zero-order valence-corrected chi connectivity index (χ0v) is 24.6. The van der Waals surface area contributed by atoms with Crippen molar-refractivity contribution in [3.63, 3.8) is 0 Å². The van der Waals surface area contributed by atoms with Gasteiger partial charge >= 0.3 is 11.9 Å². The van der Waals surface area contributed by atoms with Crippen LogP contribution in [0.25, 0.3) is 0 Å². The van der Waals surface area contributed by atoms with Crippen molar-refractivity contribution < 1.29 is 33.4 Å². The minimum Gasteiger partial charge on any atom is -0.466 e. The minimum atomic E-state index is -1.43. The molecule has 0 saturated carbocycles. The van der Waals surface area contributed by atoms with E-state index in [1.54, 1.807) is 20.1 Å². The average Bonchev–Trinajstić information content (AvgIpc) is 3.68. The highest BCUT2D eigenvalue weighted by atomic mass is 16.5. The van der Waals surface area contributed by atoms with E-state index in [1.165, 1.54) is 4.90 Å². The van der Waals surface area contributed by atoms with Gasteiger partial charge in [-0.25, -0.2) is 4.79 Å². The molecule has 5 rings (SSSR count). The molecule has 3 heterocycles. The van der Waals surface area contributed by atoms with Crippen molar-refractivity contribution in [2.24, 2.45) is 5.92 Å². The fourth-order valence-corrected chi connectivity index (χ4v) is 6.72. The standard InChI is InChI=1S/C32H39N3O7/c1-5-41-29(38)25-26(27(36)35-17-11-16-23(35)28(37)42-19-20-12-7-6-8-13-20)34-24(18-31(2,3)40-4)32(25)21-14-9-10-15-22(21)33-30(32)39/h6-10,12-15,23-26,34H,5,11,16-19H2,1-4H3,(H,33,39)/t23-,24+,25-,26-,32+/m1/s1. The molecule has 2 N–H and O–H groups in total. The highest BCUT2D eigenvalue weighted by Crippen LogP contribution is 2.52. The molecular weight excluding hydrogens is 538 g/mol. The minimum absolute atomic E-state index is 0.0853. The first-order valence-corrected chi connectivity index (χ1v) is 14.5. The molecule has 1 spiro atoms. The van der Waals surface area contributed by atoms with E-state index in [2.05, 4.69) is 10.6 Å². The van der Waals surface area contributed by atoms with E-state index >= 15 is 0 Å². The molecule has 10 heteroatoms. The molecule has 3 aliphatic rings. The van der Waals surface area contributed by atoms with Gasteiger partial charge in [0.2, 0.25) is 11.8 Å². The highest BCUT2D eigenvalue weighted by molar-refractivity contribution is 6.11. The number of hydrogen-bond donors (Lipinski definition) is 2. The number of amides is 2. The number of likely N-dealkylation sites (tertiary alicyclic amines) is 1. The molecule has 10 nitrogen and oxygen atoms in total. The summed E-state index contributed by atoms with van der Waals surface area (Å²) in [5.74, 6) is -3.11. The topological polar surface area (TPSA) is 123 Å². The van der Waals surface area contributed by atoms with E-state index in [-0.39, 0.29) is 19.1 Å². The molecule has 0 radical (unpaired) electrons. The molecule has 0 unspecified atom stereocenters. The van der Waals surface area contributed by atoms with Gasteiger partial charge in [-0.1, -0.05) is 48.5 Å². The molecule has 0 bridgehead atoms. The first-order chi connectivity index (χ1) is 20.1. The fraction of sp³-hybridized carbons (Fsp3) is 0.500. The monoisotopic (exact) mass is 577 g/mol. The Morgan fingerprint density at radius 2 is 1.74 bits per heavy atom. The van der Waals surface area contributed by atoms with Gasteiger partial charge in [-0.15, -0.1) is 0 Å². The summed E-state index contributed by atoms with van der Waals surface area (Å²) >= 11 is 0. The van der Waals surface area contributed by atoms with E-state index in [1.807, 2.05) is 62.4 Å². The average molecular weight is 578 g/mol. The molecule has 2 aromatic carbocycles. The van der Waals surface area contributed by atoms with Gasteiger partial charge in [0, 0.05) is 25.4 Å². The second-order valence-electron chi connectivity index (χ2n) is 11.7.